The molecule has 17 heavy (non-hydrogen) atoms. The van der Waals surface area contributed by atoms with Gasteiger partial charge in [0.05, 0.1) is 0 Å². The van der Waals surface area contributed by atoms with Gasteiger partial charge in [0.15, 0.2) is 0 Å². The molecule has 1 amide bonds. The van der Waals surface area contributed by atoms with Crippen LogP contribution >= 0.6 is 15.9 Å². The Hall–Kier alpha value is -0.250. The number of carbonyl (C=O) groups excluding carboxylic acids is 1. The molecule has 1 unspecified atom stereocenters. The van der Waals surface area contributed by atoms with Gasteiger partial charge in [-0.2, -0.15) is 0 Å². The fraction of sp³-hybridized carbons (Fsp3) is 0.923. The van der Waals surface area contributed by atoms with Gasteiger partial charge in [-0.3, -0.25) is 0 Å². The third-order valence-corrected chi connectivity index (χ3v) is 3.02. The SMILES string of the molecule is CCCCCCC(Br)CNC(=O)OC(C)(C)C. The molecule has 0 bridgehead atoms. The number of hydrogen-bond donors (Lipinski definition) is 1. The van der Waals surface area contributed by atoms with Crippen molar-refractivity contribution < 1.29 is 9.53 Å². The normalized spacial score (nSPS) is 13.2. The summed E-state index contributed by atoms with van der Waals surface area (Å²) >= 11 is 3.57. The van der Waals surface area contributed by atoms with Crippen LogP contribution in [0.4, 0.5) is 4.79 Å². The van der Waals surface area contributed by atoms with E-state index in [1.54, 1.807) is 0 Å². The zero-order valence-corrected chi connectivity index (χ0v) is 13.1. The maximum Gasteiger partial charge on any atom is 0.407 e. The minimum absolute atomic E-state index is 0.337. The lowest BCUT2D eigenvalue weighted by Crippen LogP contribution is -2.35. The maximum absolute atomic E-state index is 11.4. The van der Waals surface area contributed by atoms with Gasteiger partial charge in [0.25, 0.3) is 0 Å². The van der Waals surface area contributed by atoms with E-state index in [1.165, 1.54) is 25.7 Å². The van der Waals surface area contributed by atoms with E-state index in [2.05, 4.69) is 28.2 Å². The molecule has 0 spiro atoms. The second-order valence-electron chi connectivity index (χ2n) is 5.33. The molecule has 0 aliphatic rings. The largest absolute Gasteiger partial charge is 0.444 e. The summed E-state index contributed by atoms with van der Waals surface area (Å²) in [5.74, 6) is 0. The standard InChI is InChI=1S/C13H26BrNO2/c1-5-6-7-8-9-11(14)10-15-12(16)17-13(2,3)4/h11H,5-10H2,1-4H3,(H,15,16). The number of alkyl halides is 1. The smallest absolute Gasteiger partial charge is 0.407 e. The molecule has 0 radical (unpaired) electrons. The first-order valence-corrected chi connectivity index (χ1v) is 7.37. The number of carbonyl (C=O) groups is 1. The number of nitrogens with one attached hydrogen (secondary N) is 1. The van der Waals surface area contributed by atoms with Crippen LogP contribution in [-0.4, -0.2) is 23.1 Å². The molecule has 0 aliphatic carbocycles. The number of alkyl carbamates (subject to hydrolysis) is 1. The molecular weight excluding hydrogens is 282 g/mol. The maximum atomic E-state index is 11.4. The zero-order valence-electron chi connectivity index (χ0n) is 11.5. The van der Waals surface area contributed by atoms with Crippen LogP contribution in [0.2, 0.25) is 0 Å². The summed E-state index contributed by atoms with van der Waals surface area (Å²) in [5.41, 5.74) is -0.424. The van der Waals surface area contributed by atoms with Crippen LogP contribution in [0.5, 0.6) is 0 Å². The summed E-state index contributed by atoms with van der Waals surface area (Å²) in [6.07, 6.45) is 5.78. The summed E-state index contributed by atoms with van der Waals surface area (Å²) in [7, 11) is 0. The fourth-order valence-electron chi connectivity index (χ4n) is 1.40. The van der Waals surface area contributed by atoms with E-state index >= 15 is 0 Å². The molecular formula is C13H26BrNO2. The van der Waals surface area contributed by atoms with E-state index in [0.717, 1.165) is 6.42 Å². The molecule has 0 heterocycles. The lowest BCUT2D eigenvalue weighted by molar-refractivity contribution is 0.0528. The van der Waals surface area contributed by atoms with Gasteiger partial charge < -0.3 is 10.1 Å². The molecule has 102 valence electrons. The van der Waals surface area contributed by atoms with Gasteiger partial charge in [-0.15, -0.1) is 0 Å². The predicted octanol–water partition coefficient (Wildman–Crippen LogP) is 4.25. The molecule has 0 saturated carbocycles. The van der Waals surface area contributed by atoms with Crippen molar-refractivity contribution in [2.24, 2.45) is 0 Å². The zero-order chi connectivity index (χ0) is 13.3. The van der Waals surface area contributed by atoms with Gasteiger partial charge >= 0.3 is 6.09 Å². The minimum Gasteiger partial charge on any atom is -0.444 e. The lowest BCUT2D eigenvalue weighted by atomic mass is 10.1. The van der Waals surface area contributed by atoms with Crippen LogP contribution in [0.3, 0.4) is 0 Å². The molecule has 0 aromatic heterocycles. The Morgan fingerprint density at radius 1 is 1.29 bits per heavy atom. The lowest BCUT2D eigenvalue weighted by Gasteiger charge is -2.20. The van der Waals surface area contributed by atoms with E-state index in [0.29, 0.717) is 11.4 Å². The summed E-state index contributed by atoms with van der Waals surface area (Å²) < 4.78 is 5.16. The molecule has 0 aromatic carbocycles. The summed E-state index contributed by atoms with van der Waals surface area (Å²) in [5, 5.41) is 2.77. The highest BCUT2D eigenvalue weighted by Gasteiger charge is 2.16. The Balaban J connectivity index is 3.55. The third kappa shape index (κ3) is 12.0. The Kier molecular flexibility index (Phi) is 8.66. The minimum atomic E-state index is -0.424. The van der Waals surface area contributed by atoms with Crippen molar-refractivity contribution in [3.8, 4) is 0 Å². The first-order chi connectivity index (χ1) is 7.85. The Morgan fingerprint density at radius 3 is 2.47 bits per heavy atom. The Morgan fingerprint density at radius 2 is 1.94 bits per heavy atom. The van der Waals surface area contributed by atoms with Crippen molar-refractivity contribution in [2.45, 2.75) is 70.2 Å². The highest BCUT2D eigenvalue weighted by Crippen LogP contribution is 2.12. The van der Waals surface area contributed by atoms with E-state index in [4.69, 9.17) is 4.74 Å². The topological polar surface area (TPSA) is 38.3 Å². The van der Waals surface area contributed by atoms with Crippen LogP contribution in [0.1, 0.15) is 59.8 Å². The van der Waals surface area contributed by atoms with E-state index < -0.39 is 5.60 Å². The molecule has 4 heteroatoms. The van der Waals surface area contributed by atoms with Gasteiger partial charge in [-0.05, 0) is 27.2 Å². The molecule has 0 aromatic rings. The second kappa shape index (κ2) is 8.78. The van der Waals surface area contributed by atoms with Crippen molar-refractivity contribution in [2.75, 3.05) is 6.54 Å². The third-order valence-electron chi connectivity index (χ3n) is 2.24. The monoisotopic (exact) mass is 307 g/mol. The number of rotatable bonds is 7. The number of ether oxygens (including phenoxy) is 1. The Labute approximate surface area is 114 Å². The van der Waals surface area contributed by atoms with Crippen molar-refractivity contribution in [3.05, 3.63) is 0 Å². The number of halogens is 1. The molecule has 1 N–H and O–H groups in total. The van der Waals surface area contributed by atoms with Gasteiger partial charge in [0, 0.05) is 11.4 Å². The van der Waals surface area contributed by atoms with Crippen LogP contribution in [0.25, 0.3) is 0 Å². The van der Waals surface area contributed by atoms with Crippen molar-refractivity contribution in [3.63, 3.8) is 0 Å². The summed E-state index contributed by atoms with van der Waals surface area (Å²) in [6.45, 7) is 8.42. The quantitative estimate of drug-likeness (QED) is 0.564. The fourth-order valence-corrected chi connectivity index (χ4v) is 1.89. The molecule has 1 atom stereocenters. The van der Waals surface area contributed by atoms with Crippen LogP contribution in [-0.2, 0) is 4.74 Å². The molecule has 0 aliphatic heterocycles. The average Bonchev–Trinajstić information content (AvgIpc) is 2.19. The van der Waals surface area contributed by atoms with E-state index in [9.17, 15) is 4.79 Å². The summed E-state index contributed by atoms with van der Waals surface area (Å²) in [6, 6.07) is 0. The first kappa shape index (κ1) is 16.8. The molecule has 3 nitrogen and oxygen atoms in total. The molecule has 0 rings (SSSR count). The van der Waals surface area contributed by atoms with Crippen molar-refractivity contribution in [1.29, 1.82) is 0 Å². The van der Waals surface area contributed by atoms with Crippen LogP contribution in [0.15, 0.2) is 0 Å². The Bertz CT molecular complexity index is 214. The van der Waals surface area contributed by atoms with Gasteiger partial charge in [0.1, 0.15) is 5.60 Å². The van der Waals surface area contributed by atoms with Crippen molar-refractivity contribution in [1.82, 2.24) is 5.32 Å². The second-order valence-corrected chi connectivity index (χ2v) is 6.62. The number of amides is 1. The van der Waals surface area contributed by atoms with E-state index in [-0.39, 0.29) is 6.09 Å². The first-order valence-electron chi connectivity index (χ1n) is 6.46. The summed E-state index contributed by atoms with van der Waals surface area (Å²) in [4.78, 5) is 11.7. The van der Waals surface area contributed by atoms with Crippen molar-refractivity contribution >= 4 is 22.0 Å². The molecule has 0 fully saturated rings. The van der Waals surface area contributed by atoms with Gasteiger partial charge in [0.2, 0.25) is 0 Å². The van der Waals surface area contributed by atoms with Gasteiger partial charge in [-0.25, -0.2) is 4.79 Å². The molecule has 0 saturated heterocycles. The van der Waals surface area contributed by atoms with E-state index in [1.807, 2.05) is 20.8 Å². The van der Waals surface area contributed by atoms with Crippen LogP contribution < -0.4 is 5.32 Å². The predicted molar refractivity (Wildman–Crippen MR) is 75.7 cm³/mol. The number of unbranched alkanes of at least 4 members (excludes halogenated alkanes) is 3. The number of hydrogen-bond acceptors (Lipinski definition) is 2. The highest BCUT2D eigenvalue weighted by molar-refractivity contribution is 9.09. The van der Waals surface area contributed by atoms with Gasteiger partial charge in [-0.1, -0.05) is 48.5 Å². The average molecular weight is 308 g/mol. The van der Waals surface area contributed by atoms with Crippen LogP contribution in [0, 0.1) is 0 Å². The highest BCUT2D eigenvalue weighted by atomic mass is 79.9.